The van der Waals surface area contributed by atoms with Crippen molar-refractivity contribution in [1.29, 1.82) is 0 Å². The molecule has 3 rings (SSSR count). The molecule has 0 aromatic heterocycles. The van der Waals surface area contributed by atoms with Gasteiger partial charge in [0.25, 0.3) is 0 Å². The summed E-state index contributed by atoms with van der Waals surface area (Å²) < 4.78 is 5.20. The van der Waals surface area contributed by atoms with E-state index in [1.165, 1.54) is 0 Å². The van der Waals surface area contributed by atoms with Crippen LogP contribution in [0.25, 0.3) is 0 Å². The van der Waals surface area contributed by atoms with E-state index in [0.717, 1.165) is 54.5 Å². The van der Waals surface area contributed by atoms with Gasteiger partial charge in [0, 0.05) is 31.5 Å². The summed E-state index contributed by atoms with van der Waals surface area (Å²) in [5, 5.41) is 3.46. The minimum Gasteiger partial charge on any atom is -0.497 e. The first-order valence-electron chi connectivity index (χ1n) is 7.45. The van der Waals surface area contributed by atoms with Gasteiger partial charge >= 0.3 is 0 Å². The second kappa shape index (κ2) is 5.73. The Bertz CT molecular complexity index is 559. The molecule has 0 bridgehead atoms. The average molecular weight is 303 g/mol. The van der Waals surface area contributed by atoms with E-state index in [0.29, 0.717) is 0 Å². The van der Waals surface area contributed by atoms with Crippen LogP contribution in [0.4, 0.5) is 0 Å². The van der Waals surface area contributed by atoms with E-state index < -0.39 is 0 Å². The number of nitrogens with one attached hydrogen (secondary N) is 1. The zero-order valence-electron chi connectivity index (χ0n) is 12.6. The smallest absolute Gasteiger partial charge is 0.133 e. The fraction of sp³-hybridized carbons (Fsp3) is 0.500. The lowest BCUT2D eigenvalue weighted by atomic mass is 9.98. The summed E-state index contributed by atoms with van der Waals surface area (Å²) in [4.78, 5) is 8.18. The number of piperidine rings is 1. The van der Waals surface area contributed by atoms with Crippen molar-refractivity contribution in [1.82, 2.24) is 10.2 Å². The van der Waals surface area contributed by atoms with Crippen molar-refractivity contribution >= 4 is 22.9 Å². The summed E-state index contributed by atoms with van der Waals surface area (Å²) in [6.07, 6.45) is 2.03. The van der Waals surface area contributed by atoms with E-state index in [4.69, 9.17) is 21.9 Å². The first-order valence-corrected chi connectivity index (χ1v) is 7.86. The van der Waals surface area contributed by atoms with Gasteiger partial charge in [-0.2, -0.15) is 0 Å². The Hall–Kier alpha value is -1.46. The van der Waals surface area contributed by atoms with Crippen LogP contribution in [0, 0.1) is 0 Å². The van der Waals surface area contributed by atoms with Gasteiger partial charge < -0.3 is 15.0 Å². The fourth-order valence-corrected chi connectivity index (χ4v) is 3.34. The largest absolute Gasteiger partial charge is 0.497 e. The molecular weight excluding hydrogens is 282 g/mol. The number of ether oxygens (including phenoxy) is 1. The minimum absolute atomic E-state index is 0.183. The number of thiocarbonyl (C=S) groups is 1. The number of rotatable bonds is 3. The van der Waals surface area contributed by atoms with Crippen LogP contribution in [0.15, 0.2) is 29.3 Å². The molecule has 112 valence electrons. The van der Waals surface area contributed by atoms with Crippen molar-refractivity contribution in [3.8, 4) is 5.75 Å². The molecule has 0 radical (unpaired) electrons. The van der Waals surface area contributed by atoms with Gasteiger partial charge in [0.05, 0.1) is 7.11 Å². The first-order chi connectivity index (χ1) is 10.2. The average Bonchev–Trinajstić information content (AvgIpc) is 2.85. The molecule has 2 aliphatic rings. The molecule has 0 saturated carbocycles. The summed E-state index contributed by atoms with van der Waals surface area (Å²) in [5.41, 5.74) is 1.79. The third kappa shape index (κ3) is 2.80. The highest BCUT2D eigenvalue weighted by atomic mass is 32.1. The molecule has 2 heterocycles. The minimum atomic E-state index is -0.183. The molecule has 1 aromatic rings. The van der Waals surface area contributed by atoms with Gasteiger partial charge in [-0.05, 0) is 30.8 Å². The number of benzene rings is 1. The number of methoxy groups -OCH3 is 1. The van der Waals surface area contributed by atoms with E-state index in [-0.39, 0.29) is 5.66 Å². The monoisotopic (exact) mass is 303 g/mol. The summed E-state index contributed by atoms with van der Waals surface area (Å²) in [6, 6.07) is 7.94. The maximum atomic E-state index is 5.51. The Balaban J connectivity index is 1.82. The fourth-order valence-electron chi connectivity index (χ4n) is 2.98. The van der Waals surface area contributed by atoms with Crippen molar-refractivity contribution < 1.29 is 4.74 Å². The quantitative estimate of drug-likeness (QED) is 0.869. The third-order valence-corrected chi connectivity index (χ3v) is 4.68. The van der Waals surface area contributed by atoms with Crippen LogP contribution in [0.3, 0.4) is 0 Å². The molecule has 0 atom stereocenters. The Morgan fingerprint density at radius 3 is 2.52 bits per heavy atom. The number of hydrogen-bond donors (Lipinski definition) is 1. The van der Waals surface area contributed by atoms with E-state index in [2.05, 4.69) is 17.1 Å². The summed E-state index contributed by atoms with van der Waals surface area (Å²) in [5.74, 6) is 0.849. The highest BCUT2D eigenvalue weighted by Crippen LogP contribution is 2.29. The van der Waals surface area contributed by atoms with Gasteiger partial charge in [-0.1, -0.05) is 19.1 Å². The van der Waals surface area contributed by atoms with Gasteiger partial charge in [0.15, 0.2) is 0 Å². The van der Waals surface area contributed by atoms with Gasteiger partial charge in [-0.15, -0.1) is 0 Å². The van der Waals surface area contributed by atoms with Gasteiger partial charge in [-0.3, -0.25) is 4.99 Å². The molecule has 1 aromatic carbocycles. The normalized spacial score (nSPS) is 21.2. The van der Waals surface area contributed by atoms with Gasteiger partial charge in [0.1, 0.15) is 22.1 Å². The van der Waals surface area contributed by atoms with Crippen LogP contribution in [-0.4, -0.2) is 48.0 Å². The van der Waals surface area contributed by atoms with E-state index in [1.807, 2.05) is 24.3 Å². The first kappa shape index (κ1) is 14.5. The van der Waals surface area contributed by atoms with Crippen LogP contribution >= 0.6 is 12.2 Å². The standard InChI is InChI=1S/C16H21N3OS/c1-3-19-10-8-16(9-11-19)17-14(15(21)18-16)12-4-6-13(20-2)7-5-12/h4-7H,3,8-11H2,1-2H3,(H,18,21). The highest BCUT2D eigenvalue weighted by Gasteiger charge is 2.40. The lowest BCUT2D eigenvalue weighted by molar-refractivity contribution is 0.164. The summed E-state index contributed by atoms with van der Waals surface area (Å²) in [6.45, 7) is 5.46. The predicted molar refractivity (Wildman–Crippen MR) is 89.3 cm³/mol. The van der Waals surface area contributed by atoms with E-state index in [1.54, 1.807) is 7.11 Å². The number of aliphatic imine (C=N–C) groups is 1. The van der Waals surface area contributed by atoms with Crippen LogP contribution in [0.5, 0.6) is 5.75 Å². The molecule has 4 nitrogen and oxygen atoms in total. The van der Waals surface area contributed by atoms with Crippen molar-refractivity contribution in [2.24, 2.45) is 4.99 Å². The second-order valence-corrected chi connectivity index (χ2v) is 6.02. The SMILES string of the molecule is CCN1CCC2(CC1)N=C(c1ccc(OC)cc1)C(=S)N2. The molecule has 0 aliphatic carbocycles. The predicted octanol–water partition coefficient (Wildman–Crippen LogP) is 2.23. The zero-order valence-corrected chi connectivity index (χ0v) is 13.4. The molecule has 1 fully saturated rings. The molecule has 1 N–H and O–H groups in total. The van der Waals surface area contributed by atoms with Gasteiger partial charge in [-0.25, -0.2) is 0 Å². The van der Waals surface area contributed by atoms with Crippen LogP contribution in [0.1, 0.15) is 25.3 Å². The molecule has 1 saturated heterocycles. The third-order valence-electron chi connectivity index (χ3n) is 4.38. The van der Waals surface area contributed by atoms with Crippen molar-refractivity contribution in [3.05, 3.63) is 29.8 Å². The maximum Gasteiger partial charge on any atom is 0.133 e. The summed E-state index contributed by atoms with van der Waals surface area (Å²) in [7, 11) is 1.67. The zero-order chi connectivity index (χ0) is 14.9. The number of likely N-dealkylation sites (tertiary alicyclic amines) is 1. The molecule has 0 unspecified atom stereocenters. The van der Waals surface area contributed by atoms with Crippen LogP contribution in [0.2, 0.25) is 0 Å². The molecule has 1 spiro atoms. The van der Waals surface area contributed by atoms with Crippen LogP contribution < -0.4 is 10.1 Å². The molecular formula is C16H21N3OS. The second-order valence-electron chi connectivity index (χ2n) is 5.61. The number of hydrogen-bond acceptors (Lipinski definition) is 4. The molecule has 5 heteroatoms. The molecule has 21 heavy (non-hydrogen) atoms. The van der Waals surface area contributed by atoms with E-state index >= 15 is 0 Å². The Kier molecular flexibility index (Phi) is 3.95. The Morgan fingerprint density at radius 1 is 1.29 bits per heavy atom. The van der Waals surface area contributed by atoms with Gasteiger partial charge in [0.2, 0.25) is 0 Å². The molecule has 2 aliphatic heterocycles. The lowest BCUT2D eigenvalue weighted by Crippen LogP contribution is -2.50. The Labute approximate surface area is 131 Å². The lowest BCUT2D eigenvalue weighted by Gasteiger charge is -2.37. The van der Waals surface area contributed by atoms with Crippen molar-refractivity contribution in [2.75, 3.05) is 26.7 Å². The maximum absolute atomic E-state index is 5.51. The Morgan fingerprint density at radius 2 is 1.95 bits per heavy atom. The van der Waals surface area contributed by atoms with Crippen molar-refractivity contribution in [2.45, 2.75) is 25.4 Å². The number of nitrogens with zero attached hydrogens (tertiary/aromatic N) is 2. The molecule has 0 amide bonds. The topological polar surface area (TPSA) is 36.9 Å². The van der Waals surface area contributed by atoms with E-state index in [9.17, 15) is 0 Å². The summed E-state index contributed by atoms with van der Waals surface area (Å²) >= 11 is 5.51. The van der Waals surface area contributed by atoms with Crippen LogP contribution in [-0.2, 0) is 0 Å². The van der Waals surface area contributed by atoms with Crippen molar-refractivity contribution in [3.63, 3.8) is 0 Å². The highest BCUT2D eigenvalue weighted by molar-refractivity contribution is 7.82.